The van der Waals surface area contributed by atoms with Gasteiger partial charge in [0.2, 0.25) is 11.9 Å². The fourth-order valence-electron chi connectivity index (χ4n) is 1.12. The Balaban J connectivity index is 2.57. The summed E-state index contributed by atoms with van der Waals surface area (Å²) in [6.07, 6.45) is 0. The molecule has 72 valence electrons. The van der Waals surface area contributed by atoms with Gasteiger partial charge in [0.25, 0.3) is 0 Å². The van der Waals surface area contributed by atoms with E-state index < -0.39 is 0 Å². The van der Waals surface area contributed by atoms with E-state index in [4.69, 9.17) is 11.5 Å². The predicted molar refractivity (Wildman–Crippen MR) is 56.7 cm³/mol. The smallest absolute Gasteiger partial charge is 0.225 e. The van der Waals surface area contributed by atoms with E-state index in [1.807, 2.05) is 17.7 Å². The van der Waals surface area contributed by atoms with Crippen LogP contribution >= 0.6 is 11.3 Å². The minimum atomic E-state index is 0.151. The van der Waals surface area contributed by atoms with E-state index in [-0.39, 0.29) is 11.9 Å². The van der Waals surface area contributed by atoms with Crippen LogP contribution in [0.3, 0.4) is 0 Å². The van der Waals surface area contributed by atoms with Crippen LogP contribution in [-0.4, -0.2) is 15.0 Å². The molecule has 0 saturated heterocycles. The molecule has 0 radical (unpaired) electrons. The van der Waals surface area contributed by atoms with E-state index in [1.165, 1.54) is 0 Å². The van der Waals surface area contributed by atoms with Gasteiger partial charge in [-0.25, -0.2) is 0 Å². The number of nitrogens with two attached hydrogens (primary N) is 2. The minimum absolute atomic E-state index is 0.151. The molecule has 0 unspecified atom stereocenters. The number of aryl methyl sites for hydroxylation is 1. The number of aromatic nitrogens is 3. The van der Waals surface area contributed by atoms with Gasteiger partial charge in [-0.05, 0) is 17.9 Å². The number of rotatable bonds is 1. The molecule has 5 nitrogen and oxygen atoms in total. The van der Waals surface area contributed by atoms with Crippen molar-refractivity contribution in [1.82, 2.24) is 15.0 Å². The van der Waals surface area contributed by atoms with Gasteiger partial charge in [0.05, 0.1) is 0 Å². The third-order valence-corrected chi connectivity index (χ3v) is 2.63. The van der Waals surface area contributed by atoms with Crippen LogP contribution in [0.2, 0.25) is 0 Å². The fourth-order valence-corrected chi connectivity index (χ4v) is 1.95. The van der Waals surface area contributed by atoms with Gasteiger partial charge in [0.15, 0.2) is 5.82 Å². The third kappa shape index (κ3) is 1.51. The highest BCUT2D eigenvalue weighted by molar-refractivity contribution is 7.08. The topological polar surface area (TPSA) is 90.7 Å². The van der Waals surface area contributed by atoms with Gasteiger partial charge in [-0.2, -0.15) is 26.3 Å². The van der Waals surface area contributed by atoms with E-state index >= 15 is 0 Å². The number of thiophene rings is 1. The van der Waals surface area contributed by atoms with Crippen molar-refractivity contribution in [1.29, 1.82) is 0 Å². The first-order valence-electron chi connectivity index (χ1n) is 3.97. The second kappa shape index (κ2) is 3.22. The number of nitrogens with zero attached hydrogens (tertiary/aromatic N) is 3. The summed E-state index contributed by atoms with van der Waals surface area (Å²) in [5, 5.41) is 3.98. The van der Waals surface area contributed by atoms with Crippen molar-refractivity contribution >= 4 is 23.2 Å². The number of hydrogen-bond acceptors (Lipinski definition) is 6. The Morgan fingerprint density at radius 1 is 1.07 bits per heavy atom. The lowest BCUT2D eigenvalue weighted by atomic mass is 10.2. The van der Waals surface area contributed by atoms with Gasteiger partial charge in [0, 0.05) is 10.9 Å². The van der Waals surface area contributed by atoms with Crippen molar-refractivity contribution in [2.75, 3.05) is 11.5 Å². The quantitative estimate of drug-likeness (QED) is 0.730. The van der Waals surface area contributed by atoms with Gasteiger partial charge in [0.1, 0.15) is 0 Å². The molecule has 14 heavy (non-hydrogen) atoms. The highest BCUT2D eigenvalue weighted by Crippen LogP contribution is 2.24. The monoisotopic (exact) mass is 207 g/mol. The normalized spacial score (nSPS) is 10.4. The molecule has 0 aliphatic rings. The Morgan fingerprint density at radius 3 is 2.21 bits per heavy atom. The molecule has 4 N–H and O–H groups in total. The highest BCUT2D eigenvalue weighted by Gasteiger charge is 2.07. The molecule has 2 rings (SSSR count). The third-order valence-electron chi connectivity index (χ3n) is 1.77. The van der Waals surface area contributed by atoms with Crippen LogP contribution in [0.5, 0.6) is 0 Å². The minimum Gasteiger partial charge on any atom is -0.368 e. The molecule has 0 atom stereocenters. The highest BCUT2D eigenvalue weighted by atomic mass is 32.1. The molecule has 6 heteroatoms. The summed E-state index contributed by atoms with van der Waals surface area (Å²) in [5.41, 5.74) is 13.0. The first-order chi connectivity index (χ1) is 6.66. The Morgan fingerprint density at radius 2 is 1.71 bits per heavy atom. The SMILES string of the molecule is Cc1cscc1-c1nc(N)nc(N)n1. The van der Waals surface area contributed by atoms with Crippen molar-refractivity contribution in [3.63, 3.8) is 0 Å². The summed E-state index contributed by atoms with van der Waals surface area (Å²) in [6.45, 7) is 1.99. The molecule has 0 aromatic carbocycles. The molecule has 2 aromatic heterocycles. The zero-order valence-corrected chi connectivity index (χ0v) is 8.38. The van der Waals surface area contributed by atoms with Crippen LogP contribution in [0.15, 0.2) is 10.8 Å². The van der Waals surface area contributed by atoms with Gasteiger partial charge in [-0.3, -0.25) is 0 Å². The van der Waals surface area contributed by atoms with Crippen LogP contribution in [0, 0.1) is 6.92 Å². The van der Waals surface area contributed by atoms with Gasteiger partial charge in [-0.1, -0.05) is 0 Å². The number of nitrogen functional groups attached to an aromatic ring is 2. The second-order valence-electron chi connectivity index (χ2n) is 2.84. The summed E-state index contributed by atoms with van der Waals surface area (Å²) in [7, 11) is 0. The summed E-state index contributed by atoms with van der Waals surface area (Å²) < 4.78 is 0. The van der Waals surface area contributed by atoms with E-state index in [2.05, 4.69) is 15.0 Å². The predicted octanol–water partition coefficient (Wildman–Crippen LogP) is 1.07. The molecule has 2 aromatic rings. The molecule has 0 saturated carbocycles. The zero-order chi connectivity index (χ0) is 10.1. The van der Waals surface area contributed by atoms with Crippen molar-refractivity contribution < 1.29 is 0 Å². The van der Waals surface area contributed by atoms with E-state index in [9.17, 15) is 0 Å². The molecule has 0 aliphatic heterocycles. The van der Waals surface area contributed by atoms with Crippen LogP contribution in [0.25, 0.3) is 11.4 Å². The summed E-state index contributed by atoms with van der Waals surface area (Å²) in [6, 6.07) is 0. The molecular weight excluding hydrogens is 198 g/mol. The molecule has 0 aliphatic carbocycles. The van der Waals surface area contributed by atoms with E-state index in [1.54, 1.807) is 11.3 Å². The molecule has 0 amide bonds. The van der Waals surface area contributed by atoms with Crippen molar-refractivity contribution in [2.24, 2.45) is 0 Å². The fraction of sp³-hybridized carbons (Fsp3) is 0.125. The van der Waals surface area contributed by atoms with Crippen molar-refractivity contribution in [3.05, 3.63) is 16.3 Å². The first kappa shape index (κ1) is 8.89. The maximum atomic E-state index is 5.48. The summed E-state index contributed by atoms with van der Waals surface area (Å²) >= 11 is 1.59. The van der Waals surface area contributed by atoms with E-state index in [0.29, 0.717) is 5.82 Å². The average molecular weight is 207 g/mol. The molecule has 2 heterocycles. The van der Waals surface area contributed by atoms with Gasteiger partial charge in [-0.15, -0.1) is 0 Å². The van der Waals surface area contributed by atoms with E-state index in [0.717, 1.165) is 11.1 Å². The largest absolute Gasteiger partial charge is 0.368 e. The van der Waals surface area contributed by atoms with Crippen molar-refractivity contribution in [2.45, 2.75) is 6.92 Å². The molecule has 0 spiro atoms. The molecule has 0 bridgehead atoms. The average Bonchev–Trinajstić information content (AvgIpc) is 2.49. The Labute approximate surface area is 84.8 Å². The summed E-state index contributed by atoms with van der Waals surface area (Å²) in [4.78, 5) is 11.7. The maximum Gasteiger partial charge on any atom is 0.225 e. The first-order valence-corrected chi connectivity index (χ1v) is 4.91. The molecule has 0 fully saturated rings. The Bertz CT molecular complexity index is 444. The van der Waals surface area contributed by atoms with Crippen LogP contribution in [0.4, 0.5) is 11.9 Å². The standard InChI is InChI=1S/C8H9N5S/c1-4-2-14-3-5(4)6-11-7(9)13-8(10)12-6/h2-3H,1H3,(H4,9,10,11,12,13). The van der Waals surface area contributed by atoms with Crippen LogP contribution in [-0.2, 0) is 0 Å². The van der Waals surface area contributed by atoms with Gasteiger partial charge < -0.3 is 11.5 Å². The Kier molecular flexibility index (Phi) is 2.05. The number of hydrogen-bond donors (Lipinski definition) is 2. The lowest BCUT2D eigenvalue weighted by Gasteiger charge is -2.00. The second-order valence-corrected chi connectivity index (χ2v) is 3.59. The number of anilines is 2. The van der Waals surface area contributed by atoms with Crippen LogP contribution in [0.1, 0.15) is 5.56 Å². The van der Waals surface area contributed by atoms with Crippen molar-refractivity contribution in [3.8, 4) is 11.4 Å². The Hall–Kier alpha value is -1.69. The summed E-state index contributed by atoms with van der Waals surface area (Å²) in [5.74, 6) is 0.838. The lowest BCUT2D eigenvalue weighted by Crippen LogP contribution is -2.04. The van der Waals surface area contributed by atoms with Gasteiger partial charge >= 0.3 is 0 Å². The molecular formula is C8H9N5S. The maximum absolute atomic E-state index is 5.48. The zero-order valence-electron chi connectivity index (χ0n) is 7.56. The van der Waals surface area contributed by atoms with Crippen LogP contribution < -0.4 is 11.5 Å². The lowest BCUT2D eigenvalue weighted by molar-refractivity contribution is 1.09.